The van der Waals surface area contributed by atoms with Crippen LogP contribution in [0.2, 0.25) is 0 Å². The highest BCUT2D eigenvalue weighted by molar-refractivity contribution is 5.92. The quantitative estimate of drug-likeness (QED) is 0.929. The van der Waals surface area contributed by atoms with Gasteiger partial charge in [-0.3, -0.25) is 9.59 Å². The second kappa shape index (κ2) is 6.38. The molecule has 0 atom stereocenters. The monoisotopic (exact) mass is 305 g/mol. The third kappa shape index (κ3) is 3.30. The van der Waals surface area contributed by atoms with Crippen molar-refractivity contribution in [1.82, 2.24) is 15.1 Å². The Bertz CT molecular complexity index is 739. The highest BCUT2D eigenvalue weighted by Gasteiger charge is 2.17. The van der Waals surface area contributed by atoms with Crippen LogP contribution in [-0.2, 0) is 0 Å². The lowest BCUT2D eigenvalue weighted by molar-refractivity contribution is 0.0935. The van der Waals surface area contributed by atoms with Crippen molar-refractivity contribution in [3.63, 3.8) is 0 Å². The molecule has 0 saturated heterocycles. The molecular weight excluding hydrogens is 289 g/mol. The van der Waals surface area contributed by atoms with Crippen molar-refractivity contribution in [2.24, 2.45) is 0 Å². The van der Waals surface area contributed by atoms with E-state index in [0.29, 0.717) is 5.69 Å². The van der Waals surface area contributed by atoms with Gasteiger partial charge in [-0.15, -0.1) is 0 Å². The second-order valence-corrected chi connectivity index (χ2v) is 4.92. The summed E-state index contributed by atoms with van der Waals surface area (Å²) in [7, 11) is 1.38. The normalized spacial score (nSPS) is 10.6. The predicted octanol–water partition coefficient (Wildman–Crippen LogP) is 1.52. The minimum absolute atomic E-state index is 0.130. The number of hydrogen-bond acceptors (Lipinski definition) is 4. The first-order valence-electron chi connectivity index (χ1n) is 6.67. The van der Waals surface area contributed by atoms with Crippen LogP contribution in [0.25, 0.3) is 5.69 Å². The summed E-state index contributed by atoms with van der Waals surface area (Å²) >= 11 is 0. The topological polar surface area (TPSA) is 73.2 Å². The number of halogens is 1. The molecule has 0 spiro atoms. The maximum absolute atomic E-state index is 13.0. The minimum atomic E-state index is -0.571. The average molecular weight is 305 g/mol. The molecule has 0 fully saturated rings. The number of benzene rings is 1. The molecule has 0 bridgehead atoms. The Morgan fingerprint density at radius 1 is 1.32 bits per heavy atom. The van der Waals surface area contributed by atoms with Crippen LogP contribution in [0.3, 0.4) is 0 Å². The van der Waals surface area contributed by atoms with Gasteiger partial charge < -0.3 is 10.1 Å². The zero-order chi connectivity index (χ0) is 16.3. The number of nitrogens with one attached hydrogen (secondary N) is 1. The summed E-state index contributed by atoms with van der Waals surface area (Å²) in [4.78, 5) is 24.0. The van der Waals surface area contributed by atoms with Gasteiger partial charge in [-0.25, -0.2) is 9.07 Å². The van der Waals surface area contributed by atoms with Crippen molar-refractivity contribution in [3.05, 3.63) is 52.1 Å². The number of carbonyl (C=O) groups is 1. The highest BCUT2D eigenvalue weighted by Crippen LogP contribution is 2.15. The van der Waals surface area contributed by atoms with E-state index in [2.05, 4.69) is 10.4 Å². The van der Waals surface area contributed by atoms with Gasteiger partial charge in [0, 0.05) is 6.04 Å². The molecule has 1 aromatic heterocycles. The molecular formula is C15H16FN3O3. The van der Waals surface area contributed by atoms with Gasteiger partial charge in [0.05, 0.1) is 18.9 Å². The fourth-order valence-electron chi connectivity index (χ4n) is 1.84. The minimum Gasteiger partial charge on any atom is -0.481 e. The van der Waals surface area contributed by atoms with E-state index in [4.69, 9.17) is 4.74 Å². The summed E-state index contributed by atoms with van der Waals surface area (Å²) in [5.74, 6) is -0.822. The number of rotatable bonds is 4. The molecule has 0 aliphatic carbocycles. The van der Waals surface area contributed by atoms with Gasteiger partial charge in [-0.1, -0.05) is 0 Å². The third-order valence-electron chi connectivity index (χ3n) is 2.81. The average Bonchev–Trinajstić information content (AvgIpc) is 2.47. The molecule has 0 radical (unpaired) electrons. The first-order chi connectivity index (χ1) is 10.4. The molecule has 0 saturated carbocycles. The zero-order valence-corrected chi connectivity index (χ0v) is 12.5. The van der Waals surface area contributed by atoms with E-state index in [9.17, 15) is 14.0 Å². The Kier molecular flexibility index (Phi) is 4.55. The molecule has 7 heteroatoms. The Morgan fingerprint density at radius 3 is 2.50 bits per heavy atom. The van der Waals surface area contributed by atoms with E-state index in [1.54, 1.807) is 13.8 Å². The number of methoxy groups -OCH3 is 1. The fourth-order valence-corrected chi connectivity index (χ4v) is 1.84. The van der Waals surface area contributed by atoms with Gasteiger partial charge in [-0.2, -0.15) is 5.10 Å². The Labute approximate surface area is 126 Å². The van der Waals surface area contributed by atoms with Crippen molar-refractivity contribution in [2.75, 3.05) is 7.11 Å². The molecule has 1 heterocycles. The standard InChI is InChI=1S/C15H16FN3O3/c1-9(2)17-15(21)14-12(20)8-13(22-3)19(18-14)11-6-4-10(16)5-7-11/h4-9H,1-3H3,(H,17,21). The molecule has 0 aliphatic heterocycles. The summed E-state index contributed by atoms with van der Waals surface area (Å²) < 4.78 is 19.4. The maximum atomic E-state index is 13.0. The Hall–Kier alpha value is -2.70. The van der Waals surface area contributed by atoms with Gasteiger partial charge in [0.15, 0.2) is 5.69 Å². The van der Waals surface area contributed by atoms with E-state index in [1.165, 1.54) is 42.1 Å². The first kappa shape index (κ1) is 15.7. The van der Waals surface area contributed by atoms with Gasteiger partial charge in [-0.05, 0) is 38.1 Å². The van der Waals surface area contributed by atoms with Crippen LogP contribution in [0, 0.1) is 5.82 Å². The molecule has 22 heavy (non-hydrogen) atoms. The number of aromatic nitrogens is 2. The fraction of sp³-hybridized carbons (Fsp3) is 0.267. The number of hydrogen-bond donors (Lipinski definition) is 1. The van der Waals surface area contributed by atoms with Crippen LogP contribution in [0.4, 0.5) is 4.39 Å². The first-order valence-corrected chi connectivity index (χ1v) is 6.67. The summed E-state index contributed by atoms with van der Waals surface area (Å²) in [6, 6.07) is 6.49. The van der Waals surface area contributed by atoms with Crippen LogP contribution in [-0.4, -0.2) is 28.8 Å². The lowest BCUT2D eigenvalue weighted by atomic mass is 10.3. The molecule has 6 nitrogen and oxygen atoms in total. The zero-order valence-electron chi connectivity index (χ0n) is 12.5. The maximum Gasteiger partial charge on any atom is 0.276 e. The predicted molar refractivity (Wildman–Crippen MR) is 78.9 cm³/mol. The van der Waals surface area contributed by atoms with E-state index in [-0.39, 0.29) is 17.6 Å². The second-order valence-electron chi connectivity index (χ2n) is 4.92. The molecule has 1 aromatic carbocycles. The highest BCUT2D eigenvalue weighted by atomic mass is 19.1. The van der Waals surface area contributed by atoms with E-state index >= 15 is 0 Å². The summed E-state index contributed by atoms with van der Waals surface area (Å²) in [6.45, 7) is 3.56. The summed E-state index contributed by atoms with van der Waals surface area (Å²) in [6.07, 6.45) is 0. The lowest BCUT2D eigenvalue weighted by Crippen LogP contribution is -2.35. The lowest BCUT2D eigenvalue weighted by Gasteiger charge is -2.13. The van der Waals surface area contributed by atoms with Crippen molar-refractivity contribution in [2.45, 2.75) is 19.9 Å². The van der Waals surface area contributed by atoms with E-state index < -0.39 is 17.2 Å². The van der Waals surface area contributed by atoms with Gasteiger partial charge >= 0.3 is 0 Å². The van der Waals surface area contributed by atoms with E-state index in [0.717, 1.165) is 0 Å². The molecule has 2 rings (SSSR count). The number of amides is 1. The van der Waals surface area contributed by atoms with Crippen LogP contribution >= 0.6 is 0 Å². The van der Waals surface area contributed by atoms with Crippen LogP contribution < -0.4 is 15.5 Å². The smallest absolute Gasteiger partial charge is 0.276 e. The number of carbonyl (C=O) groups excluding carboxylic acids is 1. The molecule has 0 unspecified atom stereocenters. The SMILES string of the molecule is COc1cc(=O)c(C(=O)NC(C)C)nn1-c1ccc(F)cc1. The summed E-state index contributed by atoms with van der Waals surface area (Å²) in [5.41, 5.74) is -0.330. The van der Waals surface area contributed by atoms with Crippen molar-refractivity contribution in [3.8, 4) is 11.6 Å². The largest absolute Gasteiger partial charge is 0.481 e. The van der Waals surface area contributed by atoms with Gasteiger partial charge in [0.2, 0.25) is 11.3 Å². The van der Waals surface area contributed by atoms with E-state index in [1.807, 2.05) is 0 Å². The number of ether oxygens (including phenoxy) is 1. The van der Waals surface area contributed by atoms with Crippen molar-refractivity contribution >= 4 is 5.91 Å². The third-order valence-corrected chi connectivity index (χ3v) is 2.81. The molecule has 0 aliphatic rings. The molecule has 2 aromatic rings. The van der Waals surface area contributed by atoms with Crippen LogP contribution in [0.1, 0.15) is 24.3 Å². The van der Waals surface area contributed by atoms with Gasteiger partial charge in [0.1, 0.15) is 5.82 Å². The molecule has 116 valence electrons. The van der Waals surface area contributed by atoms with Crippen molar-refractivity contribution in [1.29, 1.82) is 0 Å². The Morgan fingerprint density at radius 2 is 1.95 bits per heavy atom. The molecule has 1 N–H and O–H groups in total. The van der Waals surface area contributed by atoms with Crippen molar-refractivity contribution < 1.29 is 13.9 Å². The number of nitrogens with zero attached hydrogens (tertiary/aromatic N) is 2. The van der Waals surface area contributed by atoms with Crippen LogP contribution in [0.5, 0.6) is 5.88 Å². The molecule has 1 amide bonds. The Balaban J connectivity index is 2.55. The summed E-state index contributed by atoms with van der Waals surface area (Å²) in [5, 5.41) is 6.65. The van der Waals surface area contributed by atoms with Crippen LogP contribution in [0.15, 0.2) is 35.1 Å². The van der Waals surface area contributed by atoms with Gasteiger partial charge in [0.25, 0.3) is 5.91 Å².